The van der Waals surface area contributed by atoms with Crippen LogP contribution in [0.4, 0.5) is 10.1 Å². The molecule has 0 spiro atoms. The highest BCUT2D eigenvalue weighted by Gasteiger charge is 2.01. The second kappa shape index (κ2) is 4.80. The number of benzene rings is 1. The van der Waals surface area contributed by atoms with Crippen molar-refractivity contribution < 1.29 is 4.39 Å². The first kappa shape index (κ1) is 11.4. The van der Waals surface area contributed by atoms with E-state index in [1.165, 1.54) is 17.4 Å². The van der Waals surface area contributed by atoms with Crippen LogP contribution in [0.1, 0.15) is 10.6 Å². The monoisotopic (exact) mass is 256 g/mol. The van der Waals surface area contributed by atoms with Crippen LogP contribution in [0.2, 0.25) is 4.34 Å². The number of thiazole rings is 1. The summed E-state index contributed by atoms with van der Waals surface area (Å²) in [6.07, 6.45) is 1.61. The molecule has 0 fully saturated rings. The first-order valence-electron chi connectivity index (χ1n) is 4.75. The number of aryl methyl sites for hydroxylation is 1. The summed E-state index contributed by atoms with van der Waals surface area (Å²) in [5.41, 5.74) is 1.39. The van der Waals surface area contributed by atoms with Crippen LogP contribution in [0.15, 0.2) is 24.4 Å². The fraction of sp³-hybridized carbons (Fsp3) is 0.182. The van der Waals surface area contributed by atoms with Crippen molar-refractivity contribution in [3.8, 4) is 0 Å². The van der Waals surface area contributed by atoms with E-state index in [1.54, 1.807) is 19.2 Å². The van der Waals surface area contributed by atoms with Crippen LogP contribution in [0, 0.1) is 12.7 Å². The van der Waals surface area contributed by atoms with Crippen LogP contribution in [0.3, 0.4) is 0 Å². The molecular weight excluding hydrogens is 247 g/mol. The van der Waals surface area contributed by atoms with Gasteiger partial charge in [-0.25, -0.2) is 9.37 Å². The fourth-order valence-electron chi connectivity index (χ4n) is 1.25. The Morgan fingerprint density at radius 2 is 2.31 bits per heavy atom. The molecule has 0 bridgehead atoms. The van der Waals surface area contributed by atoms with Crippen LogP contribution in [-0.4, -0.2) is 4.98 Å². The lowest BCUT2D eigenvalue weighted by molar-refractivity contribution is 0.619. The average molecular weight is 257 g/mol. The van der Waals surface area contributed by atoms with Gasteiger partial charge in [0.2, 0.25) is 0 Å². The summed E-state index contributed by atoms with van der Waals surface area (Å²) in [6.45, 7) is 2.29. The van der Waals surface area contributed by atoms with Gasteiger partial charge in [-0.05, 0) is 24.6 Å². The summed E-state index contributed by atoms with van der Waals surface area (Å²) in [4.78, 5) is 4.10. The number of rotatable bonds is 3. The van der Waals surface area contributed by atoms with Gasteiger partial charge in [-0.3, -0.25) is 0 Å². The lowest BCUT2D eigenvalue weighted by Gasteiger charge is -2.05. The van der Waals surface area contributed by atoms with E-state index in [-0.39, 0.29) is 5.82 Å². The zero-order valence-electron chi connectivity index (χ0n) is 8.63. The first-order chi connectivity index (χ1) is 7.65. The van der Waals surface area contributed by atoms with Gasteiger partial charge in [0, 0.05) is 5.69 Å². The van der Waals surface area contributed by atoms with Gasteiger partial charge in [-0.2, -0.15) is 0 Å². The lowest BCUT2D eigenvalue weighted by atomic mass is 10.2. The highest BCUT2D eigenvalue weighted by atomic mass is 35.5. The average Bonchev–Trinajstić information content (AvgIpc) is 2.66. The van der Waals surface area contributed by atoms with Crippen molar-refractivity contribution in [1.82, 2.24) is 4.98 Å². The topological polar surface area (TPSA) is 24.9 Å². The fourth-order valence-corrected chi connectivity index (χ4v) is 2.15. The van der Waals surface area contributed by atoms with Crippen LogP contribution >= 0.6 is 22.9 Å². The van der Waals surface area contributed by atoms with Gasteiger partial charge in [0.25, 0.3) is 0 Å². The molecule has 16 heavy (non-hydrogen) atoms. The molecule has 0 aliphatic rings. The van der Waals surface area contributed by atoms with Gasteiger partial charge in [0.1, 0.15) is 15.2 Å². The largest absolute Gasteiger partial charge is 0.378 e. The van der Waals surface area contributed by atoms with E-state index in [4.69, 9.17) is 11.6 Å². The predicted molar refractivity (Wildman–Crippen MR) is 65.6 cm³/mol. The van der Waals surface area contributed by atoms with Gasteiger partial charge in [-0.1, -0.05) is 17.7 Å². The summed E-state index contributed by atoms with van der Waals surface area (Å²) in [6, 6.07) is 5.06. The smallest absolute Gasteiger partial charge is 0.128 e. The lowest BCUT2D eigenvalue weighted by Crippen LogP contribution is -1.99. The Hall–Kier alpha value is -1.13. The van der Waals surface area contributed by atoms with E-state index in [2.05, 4.69) is 10.3 Å². The molecule has 1 N–H and O–H groups in total. The van der Waals surface area contributed by atoms with Gasteiger partial charge in [0.15, 0.2) is 0 Å². The zero-order chi connectivity index (χ0) is 11.5. The standard InChI is InChI=1S/C11H10ClFN2S/c1-7-2-3-8(4-9(7)13)14-6-11-15-5-10(12)16-11/h2-5,14H,6H2,1H3. The highest BCUT2D eigenvalue weighted by molar-refractivity contribution is 7.15. The van der Waals surface area contributed by atoms with Gasteiger partial charge >= 0.3 is 0 Å². The number of anilines is 1. The van der Waals surface area contributed by atoms with Crippen LogP contribution in [0.5, 0.6) is 0 Å². The number of hydrogen-bond donors (Lipinski definition) is 1. The van der Waals surface area contributed by atoms with E-state index >= 15 is 0 Å². The van der Waals surface area contributed by atoms with Crippen LogP contribution in [0.25, 0.3) is 0 Å². The molecule has 0 aliphatic carbocycles. The Morgan fingerprint density at radius 1 is 1.50 bits per heavy atom. The highest BCUT2D eigenvalue weighted by Crippen LogP contribution is 2.20. The van der Waals surface area contributed by atoms with Crippen LogP contribution < -0.4 is 5.32 Å². The maximum absolute atomic E-state index is 13.2. The molecule has 0 atom stereocenters. The molecule has 2 aromatic rings. The number of nitrogens with one attached hydrogen (secondary N) is 1. The molecule has 1 aromatic heterocycles. The summed E-state index contributed by atoms with van der Waals surface area (Å²) in [5.74, 6) is -0.206. The first-order valence-corrected chi connectivity index (χ1v) is 5.95. The molecule has 0 unspecified atom stereocenters. The van der Waals surface area contributed by atoms with E-state index < -0.39 is 0 Å². The minimum Gasteiger partial charge on any atom is -0.378 e. The second-order valence-corrected chi connectivity index (χ2v) is 5.12. The van der Waals surface area contributed by atoms with E-state index in [9.17, 15) is 4.39 Å². The molecule has 0 saturated heterocycles. The summed E-state index contributed by atoms with van der Waals surface area (Å²) in [7, 11) is 0. The van der Waals surface area contributed by atoms with Crippen molar-refractivity contribution in [3.63, 3.8) is 0 Å². The third-order valence-electron chi connectivity index (χ3n) is 2.14. The SMILES string of the molecule is Cc1ccc(NCc2ncc(Cl)s2)cc1F. The molecule has 5 heteroatoms. The Morgan fingerprint density at radius 3 is 2.94 bits per heavy atom. The number of aromatic nitrogens is 1. The Balaban J connectivity index is 2.02. The number of hydrogen-bond acceptors (Lipinski definition) is 3. The number of halogens is 2. The summed E-state index contributed by atoms with van der Waals surface area (Å²) >= 11 is 7.17. The van der Waals surface area contributed by atoms with Crippen molar-refractivity contribution in [2.45, 2.75) is 13.5 Å². The molecule has 2 nitrogen and oxygen atoms in total. The van der Waals surface area contributed by atoms with Gasteiger partial charge in [0.05, 0.1) is 12.7 Å². The maximum Gasteiger partial charge on any atom is 0.128 e. The van der Waals surface area contributed by atoms with Crippen molar-refractivity contribution in [2.75, 3.05) is 5.32 Å². The molecule has 0 saturated carbocycles. The molecule has 1 heterocycles. The quantitative estimate of drug-likeness (QED) is 0.902. The minimum absolute atomic E-state index is 0.206. The van der Waals surface area contributed by atoms with Gasteiger partial charge < -0.3 is 5.32 Å². The maximum atomic E-state index is 13.2. The molecule has 84 valence electrons. The predicted octanol–water partition coefficient (Wildman–Crippen LogP) is 3.86. The minimum atomic E-state index is -0.206. The van der Waals surface area contributed by atoms with Crippen LogP contribution in [-0.2, 0) is 6.54 Å². The van der Waals surface area contributed by atoms with Crippen molar-refractivity contribution in [2.24, 2.45) is 0 Å². The van der Waals surface area contributed by atoms with E-state index in [0.717, 1.165) is 10.7 Å². The molecule has 0 radical (unpaired) electrons. The molecular formula is C11H10ClFN2S. The second-order valence-electron chi connectivity index (χ2n) is 3.38. The molecule has 2 rings (SSSR count). The van der Waals surface area contributed by atoms with Crippen molar-refractivity contribution in [1.29, 1.82) is 0 Å². The van der Waals surface area contributed by atoms with Gasteiger partial charge in [-0.15, -0.1) is 11.3 Å². The molecule has 1 aromatic carbocycles. The molecule has 0 amide bonds. The van der Waals surface area contributed by atoms with E-state index in [1.807, 2.05) is 6.07 Å². The normalized spacial score (nSPS) is 10.4. The number of nitrogens with zero attached hydrogens (tertiary/aromatic N) is 1. The summed E-state index contributed by atoms with van der Waals surface area (Å²) < 4.78 is 13.9. The third kappa shape index (κ3) is 2.71. The Bertz CT molecular complexity index is 498. The van der Waals surface area contributed by atoms with Crippen molar-refractivity contribution in [3.05, 3.63) is 45.1 Å². The zero-order valence-corrected chi connectivity index (χ0v) is 10.2. The Kier molecular flexibility index (Phi) is 3.41. The summed E-state index contributed by atoms with van der Waals surface area (Å²) in [5, 5.41) is 3.97. The van der Waals surface area contributed by atoms with Crippen molar-refractivity contribution >= 4 is 28.6 Å². The van der Waals surface area contributed by atoms with E-state index in [0.29, 0.717) is 16.4 Å². The Labute approximate surface area is 102 Å². The third-order valence-corrected chi connectivity index (χ3v) is 3.26. The molecule has 0 aliphatic heterocycles.